The van der Waals surface area contributed by atoms with Gasteiger partial charge in [-0.1, -0.05) is 59.6 Å². The highest BCUT2D eigenvalue weighted by Crippen LogP contribution is 2.26. The van der Waals surface area contributed by atoms with Gasteiger partial charge in [-0.25, -0.2) is 0 Å². The maximum absolute atomic E-state index is 12.5. The van der Waals surface area contributed by atoms with Crippen LogP contribution in [0.4, 0.5) is 5.69 Å². The van der Waals surface area contributed by atoms with Crippen molar-refractivity contribution in [1.82, 2.24) is 0 Å². The van der Waals surface area contributed by atoms with Crippen molar-refractivity contribution in [3.8, 4) is 11.8 Å². The zero-order chi connectivity index (χ0) is 20.6. The molecular weight excluding hydrogens is 384 g/mol. The molecule has 0 bridgehead atoms. The van der Waals surface area contributed by atoms with Crippen molar-refractivity contribution in [2.75, 3.05) is 5.32 Å². The van der Waals surface area contributed by atoms with Crippen molar-refractivity contribution >= 4 is 29.3 Å². The molecule has 3 rings (SSSR count). The fraction of sp³-hybridized carbons (Fsp3) is 0.0833. The summed E-state index contributed by atoms with van der Waals surface area (Å²) in [5, 5.41) is 12.7. The number of hydrogen-bond donors (Lipinski definition) is 1. The monoisotopic (exact) mass is 402 g/mol. The summed E-state index contributed by atoms with van der Waals surface area (Å²) in [6.07, 6.45) is 1.48. The zero-order valence-electron chi connectivity index (χ0n) is 15.9. The van der Waals surface area contributed by atoms with Gasteiger partial charge in [0.25, 0.3) is 5.91 Å². The number of aryl methyl sites for hydroxylation is 1. The Bertz CT molecular complexity index is 1090. The SMILES string of the molecule is Cc1cccc(COc2ccc(Cl)cc2/C=C(\C#N)C(=O)Nc2ccccc2)c1. The minimum Gasteiger partial charge on any atom is -0.488 e. The second-order valence-corrected chi connectivity index (χ2v) is 6.89. The van der Waals surface area contributed by atoms with Crippen molar-refractivity contribution < 1.29 is 9.53 Å². The van der Waals surface area contributed by atoms with Gasteiger partial charge in [-0.15, -0.1) is 0 Å². The standard InChI is InChI=1S/C24H19ClN2O2/c1-17-6-5-7-18(12-17)16-29-23-11-10-21(25)14-19(23)13-20(15-26)24(28)27-22-8-3-2-4-9-22/h2-14H,16H2,1H3,(H,27,28)/b20-13+. The minimum atomic E-state index is -0.497. The van der Waals surface area contributed by atoms with Gasteiger partial charge in [0.15, 0.2) is 0 Å². The van der Waals surface area contributed by atoms with E-state index in [9.17, 15) is 10.1 Å². The molecular formula is C24H19ClN2O2. The Kier molecular flexibility index (Phi) is 6.67. The summed E-state index contributed by atoms with van der Waals surface area (Å²) in [5.41, 5.74) is 3.30. The smallest absolute Gasteiger partial charge is 0.266 e. The molecule has 3 aromatic rings. The summed E-state index contributed by atoms with van der Waals surface area (Å²) >= 11 is 6.12. The highest BCUT2D eigenvalue weighted by molar-refractivity contribution is 6.30. The lowest BCUT2D eigenvalue weighted by Gasteiger charge is -2.11. The molecule has 0 aliphatic rings. The summed E-state index contributed by atoms with van der Waals surface area (Å²) in [5.74, 6) is 0.0412. The number of carbonyl (C=O) groups excluding carboxylic acids is 1. The minimum absolute atomic E-state index is 0.0449. The van der Waals surface area contributed by atoms with E-state index in [1.54, 1.807) is 42.5 Å². The number of rotatable bonds is 6. The molecule has 0 fully saturated rings. The number of halogens is 1. The van der Waals surface area contributed by atoms with Crippen LogP contribution in [0.3, 0.4) is 0 Å². The topological polar surface area (TPSA) is 62.1 Å². The van der Waals surface area contributed by atoms with Gasteiger partial charge in [-0.2, -0.15) is 5.26 Å². The third-order valence-corrected chi connectivity index (χ3v) is 4.38. The second kappa shape index (κ2) is 9.59. The van der Waals surface area contributed by atoms with E-state index in [4.69, 9.17) is 16.3 Å². The van der Waals surface area contributed by atoms with E-state index in [-0.39, 0.29) is 5.57 Å². The fourth-order valence-electron chi connectivity index (χ4n) is 2.75. The van der Waals surface area contributed by atoms with Crippen LogP contribution >= 0.6 is 11.6 Å². The summed E-state index contributed by atoms with van der Waals surface area (Å²) in [4.78, 5) is 12.5. The molecule has 0 aliphatic heterocycles. The molecule has 0 heterocycles. The zero-order valence-corrected chi connectivity index (χ0v) is 16.6. The second-order valence-electron chi connectivity index (χ2n) is 6.45. The number of para-hydroxylation sites is 1. The van der Waals surface area contributed by atoms with Crippen molar-refractivity contribution in [3.63, 3.8) is 0 Å². The Hall–Kier alpha value is -3.55. The van der Waals surface area contributed by atoms with Crippen LogP contribution in [0.2, 0.25) is 5.02 Å². The van der Waals surface area contributed by atoms with Crippen LogP contribution in [0.15, 0.2) is 78.4 Å². The van der Waals surface area contributed by atoms with Crippen molar-refractivity contribution in [2.24, 2.45) is 0 Å². The van der Waals surface area contributed by atoms with Gasteiger partial charge < -0.3 is 10.1 Å². The number of benzene rings is 3. The molecule has 0 unspecified atom stereocenters. The van der Waals surface area contributed by atoms with E-state index in [1.807, 2.05) is 43.3 Å². The number of nitriles is 1. The van der Waals surface area contributed by atoms with Crippen molar-refractivity contribution in [3.05, 3.63) is 100 Å². The van der Waals surface area contributed by atoms with Crippen LogP contribution in [-0.4, -0.2) is 5.91 Å². The first-order valence-corrected chi connectivity index (χ1v) is 9.39. The largest absolute Gasteiger partial charge is 0.488 e. The molecule has 4 nitrogen and oxygen atoms in total. The van der Waals surface area contributed by atoms with E-state index in [2.05, 4.69) is 5.32 Å². The average molecular weight is 403 g/mol. The molecule has 0 saturated heterocycles. The Morgan fingerprint density at radius 1 is 1.10 bits per heavy atom. The van der Waals surface area contributed by atoms with Crippen LogP contribution in [0.25, 0.3) is 6.08 Å². The van der Waals surface area contributed by atoms with Gasteiger partial charge in [-0.05, 0) is 48.9 Å². The third-order valence-electron chi connectivity index (χ3n) is 4.15. The number of nitrogens with one attached hydrogen (secondary N) is 1. The van der Waals surface area contributed by atoms with Gasteiger partial charge in [-0.3, -0.25) is 4.79 Å². The van der Waals surface area contributed by atoms with Crippen LogP contribution in [0.1, 0.15) is 16.7 Å². The van der Waals surface area contributed by atoms with E-state index in [0.717, 1.165) is 11.1 Å². The molecule has 0 atom stereocenters. The number of ether oxygens (including phenoxy) is 1. The lowest BCUT2D eigenvalue weighted by Crippen LogP contribution is -2.13. The first-order chi connectivity index (χ1) is 14.0. The Morgan fingerprint density at radius 3 is 2.62 bits per heavy atom. The van der Waals surface area contributed by atoms with Gasteiger partial charge in [0.1, 0.15) is 24.0 Å². The van der Waals surface area contributed by atoms with E-state index in [1.165, 1.54) is 6.08 Å². The molecule has 0 radical (unpaired) electrons. The van der Waals surface area contributed by atoms with Gasteiger partial charge in [0.05, 0.1) is 0 Å². The quantitative estimate of drug-likeness (QED) is 0.420. The number of carbonyl (C=O) groups is 1. The number of hydrogen-bond acceptors (Lipinski definition) is 3. The highest BCUT2D eigenvalue weighted by Gasteiger charge is 2.12. The number of amides is 1. The normalized spacial score (nSPS) is 10.9. The van der Waals surface area contributed by atoms with Crippen LogP contribution in [0, 0.1) is 18.3 Å². The maximum Gasteiger partial charge on any atom is 0.266 e. The van der Waals surface area contributed by atoms with Gasteiger partial charge in [0, 0.05) is 16.3 Å². The molecule has 1 amide bonds. The molecule has 1 N–H and O–H groups in total. The van der Waals surface area contributed by atoms with Gasteiger partial charge >= 0.3 is 0 Å². The Balaban J connectivity index is 1.83. The number of anilines is 1. The Morgan fingerprint density at radius 2 is 1.90 bits per heavy atom. The van der Waals surface area contributed by atoms with Gasteiger partial charge in [0.2, 0.25) is 0 Å². The molecule has 0 aromatic heterocycles. The van der Waals surface area contributed by atoms with Crippen LogP contribution in [-0.2, 0) is 11.4 Å². The predicted octanol–water partition coefficient (Wildman–Crippen LogP) is 5.77. The fourth-order valence-corrected chi connectivity index (χ4v) is 2.93. The summed E-state index contributed by atoms with van der Waals surface area (Å²) in [6.45, 7) is 2.38. The molecule has 5 heteroatoms. The molecule has 3 aromatic carbocycles. The first kappa shape index (κ1) is 20.2. The maximum atomic E-state index is 12.5. The van der Waals surface area contributed by atoms with Crippen LogP contribution < -0.4 is 10.1 Å². The number of nitrogens with zero attached hydrogens (tertiary/aromatic N) is 1. The molecule has 0 saturated carbocycles. The van der Waals surface area contributed by atoms with Crippen molar-refractivity contribution in [1.29, 1.82) is 5.26 Å². The molecule has 29 heavy (non-hydrogen) atoms. The summed E-state index contributed by atoms with van der Waals surface area (Å²) in [7, 11) is 0. The molecule has 0 spiro atoms. The molecule has 0 aliphatic carbocycles. The third kappa shape index (κ3) is 5.71. The van der Waals surface area contributed by atoms with Crippen LogP contribution in [0.5, 0.6) is 5.75 Å². The first-order valence-electron chi connectivity index (χ1n) is 9.01. The summed E-state index contributed by atoms with van der Waals surface area (Å²) in [6, 6.07) is 24.0. The van der Waals surface area contributed by atoms with E-state index in [0.29, 0.717) is 28.6 Å². The summed E-state index contributed by atoms with van der Waals surface area (Å²) < 4.78 is 5.93. The van der Waals surface area contributed by atoms with E-state index >= 15 is 0 Å². The van der Waals surface area contributed by atoms with E-state index < -0.39 is 5.91 Å². The van der Waals surface area contributed by atoms with Crippen molar-refractivity contribution in [2.45, 2.75) is 13.5 Å². The highest BCUT2D eigenvalue weighted by atomic mass is 35.5. The lowest BCUT2D eigenvalue weighted by atomic mass is 10.1. The predicted molar refractivity (Wildman–Crippen MR) is 116 cm³/mol. The molecule has 144 valence electrons. The lowest BCUT2D eigenvalue weighted by molar-refractivity contribution is -0.112. The Labute approximate surface area is 175 Å². The average Bonchev–Trinajstić information content (AvgIpc) is 2.72.